The van der Waals surface area contributed by atoms with Gasteiger partial charge in [0.05, 0.1) is 0 Å². The molecule has 4 heteroatoms. The van der Waals surface area contributed by atoms with Gasteiger partial charge < -0.3 is 9.88 Å². The van der Waals surface area contributed by atoms with E-state index in [1.807, 2.05) is 12.4 Å². The Morgan fingerprint density at radius 3 is 2.74 bits per heavy atom. The van der Waals surface area contributed by atoms with Crippen molar-refractivity contribution < 1.29 is 0 Å². The van der Waals surface area contributed by atoms with Crippen molar-refractivity contribution >= 4 is 0 Å². The maximum atomic E-state index is 4.44. The first-order valence-corrected chi connectivity index (χ1v) is 7.56. The third-order valence-electron chi connectivity index (χ3n) is 4.79. The maximum Gasteiger partial charge on any atom is 0.109 e. The summed E-state index contributed by atoms with van der Waals surface area (Å²) in [5, 5.41) is 3.65. The molecule has 19 heavy (non-hydrogen) atoms. The standard InChI is InChI=1S/C15H28N4/c1-5-15(6-2)12-17-13(3)11-19(15)9-7-14-16-8-10-18(14)4/h8,10,13,17H,5-7,9,11-12H2,1-4H3. The van der Waals surface area contributed by atoms with E-state index in [2.05, 4.69) is 47.6 Å². The second-order valence-electron chi connectivity index (χ2n) is 5.86. The molecule has 1 atom stereocenters. The molecule has 0 bridgehead atoms. The monoisotopic (exact) mass is 264 g/mol. The molecule has 1 N–H and O–H groups in total. The van der Waals surface area contributed by atoms with E-state index in [0.29, 0.717) is 11.6 Å². The Morgan fingerprint density at radius 1 is 1.42 bits per heavy atom. The van der Waals surface area contributed by atoms with E-state index in [-0.39, 0.29) is 0 Å². The van der Waals surface area contributed by atoms with E-state index in [4.69, 9.17) is 0 Å². The van der Waals surface area contributed by atoms with Crippen LogP contribution in [-0.2, 0) is 13.5 Å². The number of nitrogens with zero attached hydrogens (tertiary/aromatic N) is 3. The zero-order valence-corrected chi connectivity index (χ0v) is 12.8. The van der Waals surface area contributed by atoms with Crippen LogP contribution in [0.3, 0.4) is 0 Å². The van der Waals surface area contributed by atoms with Gasteiger partial charge in [0.2, 0.25) is 0 Å². The molecule has 2 heterocycles. The van der Waals surface area contributed by atoms with Crippen molar-refractivity contribution in [2.75, 3.05) is 19.6 Å². The fraction of sp³-hybridized carbons (Fsp3) is 0.800. The summed E-state index contributed by atoms with van der Waals surface area (Å²) < 4.78 is 2.13. The first-order chi connectivity index (χ1) is 9.11. The van der Waals surface area contributed by atoms with Crippen LogP contribution >= 0.6 is 0 Å². The summed E-state index contributed by atoms with van der Waals surface area (Å²) in [5.74, 6) is 1.19. The molecule has 1 aromatic heterocycles. The number of aryl methyl sites for hydroxylation is 1. The van der Waals surface area contributed by atoms with E-state index >= 15 is 0 Å². The molecule has 1 saturated heterocycles. The van der Waals surface area contributed by atoms with Gasteiger partial charge in [-0.25, -0.2) is 4.98 Å². The molecule has 108 valence electrons. The first kappa shape index (κ1) is 14.5. The third kappa shape index (κ3) is 3.00. The molecule has 0 saturated carbocycles. The fourth-order valence-corrected chi connectivity index (χ4v) is 3.21. The average molecular weight is 264 g/mol. The fourth-order valence-electron chi connectivity index (χ4n) is 3.21. The second kappa shape index (κ2) is 6.06. The normalized spacial score (nSPS) is 23.7. The highest BCUT2D eigenvalue weighted by atomic mass is 15.3. The average Bonchev–Trinajstić information content (AvgIpc) is 2.83. The molecule has 0 amide bonds. The van der Waals surface area contributed by atoms with Crippen molar-refractivity contribution in [2.45, 2.75) is 51.6 Å². The van der Waals surface area contributed by atoms with Crippen LogP contribution < -0.4 is 5.32 Å². The van der Waals surface area contributed by atoms with Gasteiger partial charge in [-0.3, -0.25) is 4.90 Å². The van der Waals surface area contributed by atoms with Crippen LogP contribution in [0, 0.1) is 0 Å². The summed E-state index contributed by atoms with van der Waals surface area (Å²) in [6, 6.07) is 0.590. The molecule has 1 aliphatic heterocycles. The molecule has 0 spiro atoms. The van der Waals surface area contributed by atoms with E-state index in [1.165, 1.54) is 18.7 Å². The Labute approximate surface area is 117 Å². The van der Waals surface area contributed by atoms with Gasteiger partial charge in [0, 0.05) is 57.1 Å². The van der Waals surface area contributed by atoms with Crippen LogP contribution in [0.2, 0.25) is 0 Å². The lowest BCUT2D eigenvalue weighted by Crippen LogP contribution is -2.63. The SMILES string of the molecule is CCC1(CC)CNC(C)CN1CCc1nccn1C. The van der Waals surface area contributed by atoms with Gasteiger partial charge >= 0.3 is 0 Å². The number of hydrogen-bond donors (Lipinski definition) is 1. The van der Waals surface area contributed by atoms with Crippen LogP contribution in [0.5, 0.6) is 0 Å². The topological polar surface area (TPSA) is 33.1 Å². The molecule has 1 fully saturated rings. The number of nitrogens with one attached hydrogen (secondary N) is 1. The van der Waals surface area contributed by atoms with Crippen LogP contribution in [0.15, 0.2) is 12.4 Å². The van der Waals surface area contributed by atoms with Gasteiger partial charge in [-0.2, -0.15) is 0 Å². The number of rotatable bonds is 5. The van der Waals surface area contributed by atoms with Gasteiger partial charge in [0.25, 0.3) is 0 Å². The Kier molecular flexibility index (Phi) is 4.63. The highest BCUT2D eigenvalue weighted by Crippen LogP contribution is 2.27. The molecule has 2 rings (SSSR count). The number of aromatic nitrogens is 2. The quantitative estimate of drug-likeness (QED) is 0.880. The van der Waals surface area contributed by atoms with Crippen molar-refractivity contribution in [2.24, 2.45) is 7.05 Å². The molecule has 1 aromatic rings. The van der Waals surface area contributed by atoms with Crippen LogP contribution in [0.1, 0.15) is 39.4 Å². The van der Waals surface area contributed by atoms with Gasteiger partial charge in [0.15, 0.2) is 0 Å². The van der Waals surface area contributed by atoms with Crippen LogP contribution in [0.4, 0.5) is 0 Å². The van der Waals surface area contributed by atoms with Gasteiger partial charge in [-0.1, -0.05) is 13.8 Å². The van der Waals surface area contributed by atoms with Gasteiger partial charge in [-0.05, 0) is 19.8 Å². The van der Waals surface area contributed by atoms with Crippen LogP contribution in [-0.4, -0.2) is 45.7 Å². The predicted molar refractivity (Wildman–Crippen MR) is 79.3 cm³/mol. The molecule has 0 aliphatic carbocycles. The lowest BCUT2D eigenvalue weighted by Gasteiger charge is -2.49. The molecule has 0 aromatic carbocycles. The number of hydrogen-bond acceptors (Lipinski definition) is 3. The van der Waals surface area contributed by atoms with Crippen LogP contribution in [0.25, 0.3) is 0 Å². The Balaban J connectivity index is 2.04. The zero-order chi connectivity index (χ0) is 13.9. The van der Waals surface area contributed by atoms with Crippen molar-refractivity contribution in [3.05, 3.63) is 18.2 Å². The van der Waals surface area contributed by atoms with Crippen molar-refractivity contribution in [1.29, 1.82) is 0 Å². The van der Waals surface area contributed by atoms with Gasteiger partial charge in [-0.15, -0.1) is 0 Å². The van der Waals surface area contributed by atoms with Crippen molar-refractivity contribution in [3.63, 3.8) is 0 Å². The minimum Gasteiger partial charge on any atom is -0.338 e. The van der Waals surface area contributed by atoms with E-state index < -0.39 is 0 Å². The molecular weight excluding hydrogens is 236 g/mol. The minimum atomic E-state index is 0.331. The van der Waals surface area contributed by atoms with Gasteiger partial charge in [0.1, 0.15) is 5.82 Å². The highest BCUT2D eigenvalue weighted by molar-refractivity contribution is 4.99. The Bertz CT molecular complexity index is 395. The summed E-state index contributed by atoms with van der Waals surface area (Å²) in [7, 11) is 2.08. The third-order valence-corrected chi connectivity index (χ3v) is 4.79. The van der Waals surface area contributed by atoms with E-state index in [1.54, 1.807) is 0 Å². The minimum absolute atomic E-state index is 0.331. The smallest absolute Gasteiger partial charge is 0.109 e. The molecule has 0 radical (unpaired) electrons. The molecular formula is C15H28N4. The largest absolute Gasteiger partial charge is 0.338 e. The second-order valence-corrected chi connectivity index (χ2v) is 5.86. The Hall–Kier alpha value is -0.870. The molecule has 1 unspecified atom stereocenters. The van der Waals surface area contributed by atoms with Crippen molar-refractivity contribution in [1.82, 2.24) is 19.8 Å². The summed E-state index contributed by atoms with van der Waals surface area (Å²) in [6.07, 6.45) is 7.39. The van der Waals surface area contributed by atoms with E-state index in [9.17, 15) is 0 Å². The predicted octanol–water partition coefficient (Wildman–Crippen LogP) is 1.82. The maximum absolute atomic E-state index is 4.44. The zero-order valence-electron chi connectivity index (χ0n) is 12.8. The molecule has 1 aliphatic rings. The highest BCUT2D eigenvalue weighted by Gasteiger charge is 2.37. The lowest BCUT2D eigenvalue weighted by molar-refractivity contribution is 0.0355. The van der Waals surface area contributed by atoms with E-state index in [0.717, 1.165) is 26.1 Å². The Morgan fingerprint density at radius 2 is 2.16 bits per heavy atom. The summed E-state index contributed by atoms with van der Waals surface area (Å²) in [6.45, 7) is 10.3. The lowest BCUT2D eigenvalue weighted by atomic mass is 9.87. The first-order valence-electron chi connectivity index (χ1n) is 7.56. The molecule has 4 nitrogen and oxygen atoms in total. The van der Waals surface area contributed by atoms with Crippen molar-refractivity contribution in [3.8, 4) is 0 Å². The summed E-state index contributed by atoms with van der Waals surface area (Å²) in [5.41, 5.74) is 0.331. The summed E-state index contributed by atoms with van der Waals surface area (Å²) in [4.78, 5) is 7.12. The number of imidazole rings is 1. The summed E-state index contributed by atoms with van der Waals surface area (Å²) >= 11 is 0. The number of piperazine rings is 1.